The average molecular weight is 447 g/mol. The summed E-state index contributed by atoms with van der Waals surface area (Å²) in [7, 11) is 0. The van der Waals surface area contributed by atoms with Gasteiger partial charge in [-0.05, 0) is 0 Å². The quantitative estimate of drug-likeness (QED) is 0.322. The van der Waals surface area contributed by atoms with Crippen LogP contribution in [0.5, 0.6) is 0 Å². The molecule has 0 aliphatic carbocycles. The molecule has 1 fully saturated rings. The summed E-state index contributed by atoms with van der Waals surface area (Å²) in [6.45, 7) is 10.2. The van der Waals surface area contributed by atoms with Crippen molar-refractivity contribution in [2.75, 3.05) is 0 Å². The van der Waals surface area contributed by atoms with E-state index >= 15 is 0 Å². The number of esters is 1. The molecule has 0 radical (unpaired) electrons. The van der Waals surface area contributed by atoms with Crippen molar-refractivity contribution in [1.29, 1.82) is 0 Å². The molecule has 1 aliphatic rings. The number of cyclic esters (lactones) is 1. The molecule has 0 N–H and O–H groups in total. The summed E-state index contributed by atoms with van der Waals surface area (Å²) in [5.41, 5.74) is -0.730. The molecule has 0 saturated carbocycles. The van der Waals surface area contributed by atoms with Crippen LogP contribution in [0.2, 0.25) is 13.3 Å². The van der Waals surface area contributed by atoms with Gasteiger partial charge in [-0.25, -0.2) is 0 Å². The van der Waals surface area contributed by atoms with Crippen LogP contribution in [0.15, 0.2) is 0 Å². The van der Waals surface area contributed by atoms with Gasteiger partial charge in [0, 0.05) is 0 Å². The van der Waals surface area contributed by atoms with Crippen LogP contribution in [0.1, 0.15) is 79.6 Å². The van der Waals surface area contributed by atoms with Gasteiger partial charge in [0.2, 0.25) is 0 Å². The van der Waals surface area contributed by atoms with Gasteiger partial charge in [-0.3, -0.25) is 0 Å². The molecule has 1 heterocycles. The van der Waals surface area contributed by atoms with Crippen LogP contribution in [0.25, 0.3) is 0 Å². The summed E-state index contributed by atoms with van der Waals surface area (Å²) in [5.74, 6) is -0.880. The van der Waals surface area contributed by atoms with Crippen LogP contribution >= 0.6 is 0 Å². The van der Waals surface area contributed by atoms with Crippen molar-refractivity contribution >= 4 is 30.7 Å². The van der Waals surface area contributed by atoms with Crippen LogP contribution in [-0.2, 0) is 17.4 Å². The van der Waals surface area contributed by atoms with Crippen molar-refractivity contribution in [2.24, 2.45) is 5.92 Å². The summed E-state index contributed by atoms with van der Waals surface area (Å²) >= 11 is -2.97. The van der Waals surface area contributed by atoms with E-state index in [0.29, 0.717) is 0 Å². The van der Waals surface area contributed by atoms with Crippen molar-refractivity contribution < 1.29 is 17.4 Å². The van der Waals surface area contributed by atoms with Gasteiger partial charge < -0.3 is 0 Å². The minimum absolute atomic E-state index is 0.162. The van der Waals surface area contributed by atoms with E-state index in [2.05, 4.69) is 20.8 Å². The van der Waals surface area contributed by atoms with Crippen molar-refractivity contribution in [3.63, 3.8) is 0 Å². The van der Waals surface area contributed by atoms with E-state index in [4.69, 9.17) is 7.81 Å². The van der Waals surface area contributed by atoms with Crippen molar-refractivity contribution in [3.05, 3.63) is 0 Å². The number of hydrogen-bond donors (Lipinski definition) is 0. The summed E-state index contributed by atoms with van der Waals surface area (Å²) < 4.78 is 15.0. The first kappa shape index (κ1) is 21.8. The molecule has 1 atom stereocenters. The molecule has 1 saturated heterocycles. The van der Waals surface area contributed by atoms with Gasteiger partial charge in [-0.15, -0.1) is 0 Å². The molecule has 5 heteroatoms. The molecule has 1 aliphatic heterocycles. The van der Waals surface area contributed by atoms with Gasteiger partial charge in [-0.1, -0.05) is 0 Å². The number of carbonyl (C=O) groups excluding carboxylic acids is 2. The molecule has 24 heavy (non-hydrogen) atoms. The fraction of sp³-hybridized carbons (Fsp3) is 0.895. The standard InChI is InChI=1S/C7H10O4.3C4H9.Sn/c1-7(2)4(6(9)10)3-5(8)11-7;3*1-3-4-2;/h4H,3H2,1-2H3,(H,9,10);3*1,3-4H2,2H3;/q;;;;+1/p-1. The van der Waals surface area contributed by atoms with E-state index in [9.17, 15) is 9.59 Å². The Morgan fingerprint density at radius 1 is 1.08 bits per heavy atom. The fourth-order valence-electron chi connectivity index (χ4n) is 3.50. The van der Waals surface area contributed by atoms with Crippen LogP contribution in [0.3, 0.4) is 0 Å². The minimum atomic E-state index is -2.97. The van der Waals surface area contributed by atoms with Crippen LogP contribution in [-0.4, -0.2) is 36.3 Å². The van der Waals surface area contributed by atoms with Crippen molar-refractivity contribution in [2.45, 2.75) is 98.5 Å². The molecular formula is C19H36O4Sn. The maximum absolute atomic E-state index is 12.9. The van der Waals surface area contributed by atoms with Gasteiger partial charge in [0.25, 0.3) is 0 Å². The molecule has 0 aromatic carbocycles. The Hall–Kier alpha value is -0.261. The summed E-state index contributed by atoms with van der Waals surface area (Å²) in [6.07, 6.45) is 7.06. The first-order valence-electron chi connectivity index (χ1n) is 9.75. The Labute approximate surface area is 152 Å². The van der Waals surface area contributed by atoms with Gasteiger partial charge in [-0.2, -0.15) is 0 Å². The van der Waals surface area contributed by atoms with Gasteiger partial charge in [0.15, 0.2) is 0 Å². The van der Waals surface area contributed by atoms with E-state index in [0.717, 1.165) is 51.8 Å². The molecule has 4 nitrogen and oxygen atoms in total. The van der Waals surface area contributed by atoms with E-state index in [1.807, 2.05) is 13.8 Å². The Morgan fingerprint density at radius 3 is 1.88 bits per heavy atom. The third-order valence-electron chi connectivity index (χ3n) is 5.15. The Kier molecular flexibility index (Phi) is 9.10. The van der Waals surface area contributed by atoms with Gasteiger partial charge in [0.1, 0.15) is 0 Å². The zero-order valence-electron chi connectivity index (χ0n) is 16.3. The second kappa shape index (κ2) is 10.0. The van der Waals surface area contributed by atoms with E-state index in [1.165, 1.54) is 0 Å². The molecule has 1 rings (SSSR count). The summed E-state index contributed by atoms with van der Waals surface area (Å²) in [6, 6.07) is 0. The number of rotatable bonds is 11. The van der Waals surface area contributed by atoms with Crippen LogP contribution in [0.4, 0.5) is 0 Å². The second-order valence-electron chi connectivity index (χ2n) is 7.75. The first-order chi connectivity index (χ1) is 11.3. The topological polar surface area (TPSA) is 52.6 Å². The molecule has 0 amide bonds. The first-order valence-corrected chi connectivity index (χ1v) is 17.0. The van der Waals surface area contributed by atoms with E-state index in [-0.39, 0.29) is 18.4 Å². The number of ether oxygens (including phenoxy) is 1. The third kappa shape index (κ3) is 6.23. The van der Waals surface area contributed by atoms with E-state index < -0.39 is 30.3 Å². The average Bonchev–Trinajstić information content (AvgIpc) is 2.81. The Bertz CT molecular complexity index is 398. The van der Waals surface area contributed by atoms with E-state index in [1.54, 1.807) is 0 Å². The number of hydrogen-bond acceptors (Lipinski definition) is 4. The molecule has 1 unspecified atom stereocenters. The van der Waals surface area contributed by atoms with Crippen molar-refractivity contribution in [1.82, 2.24) is 0 Å². The second-order valence-corrected chi connectivity index (χ2v) is 19.4. The fourth-order valence-corrected chi connectivity index (χ4v) is 16.7. The van der Waals surface area contributed by atoms with Gasteiger partial charge in [0.05, 0.1) is 0 Å². The van der Waals surface area contributed by atoms with Gasteiger partial charge >= 0.3 is 153 Å². The molecule has 0 aromatic rings. The molecular weight excluding hydrogens is 411 g/mol. The monoisotopic (exact) mass is 448 g/mol. The normalized spacial score (nSPS) is 20.0. The van der Waals surface area contributed by atoms with Crippen LogP contribution < -0.4 is 0 Å². The predicted molar refractivity (Wildman–Crippen MR) is 99.3 cm³/mol. The summed E-state index contributed by atoms with van der Waals surface area (Å²) in [5, 5.41) is 0. The van der Waals surface area contributed by atoms with Crippen molar-refractivity contribution in [3.8, 4) is 0 Å². The molecule has 0 aromatic heterocycles. The SMILES string of the molecule is CCC[CH2][Sn]([CH2]CCC)([CH2]CCC)[O]C(=O)C1CC(=O)OC1(C)C. The number of carbonyl (C=O) groups is 2. The zero-order chi connectivity index (χ0) is 18.2. The summed E-state index contributed by atoms with van der Waals surface area (Å²) in [4.78, 5) is 24.6. The Balaban J connectivity index is 2.91. The molecule has 0 bridgehead atoms. The molecule has 0 spiro atoms. The molecule has 140 valence electrons. The predicted octanol–water partition coefficient (Wildman–Crippen LogP) is 5.22. The third-order valence-corrected chi connectivity index (χ3v) is 17.8. The zero-order valence-corrected chi connectivity index (χ0v) is 19.1. The maximum atomic E-state index is 12.9. The van der Waals surface area contributed by atoms with Crippen LogP contribution in [0, 0.1) is 5.92 Å². The Morgan fingerprint density at radius 2 is 1.54 bits per heavy atom. The number of unbranched alkanes of at least 4 members (excludes halogenated alkanes) is 3.